The lowest BCUT2D eigenvalue weighted by atomic mass is 10.0. The molecule has 0 unspecified atom stereocenters. The third kappa shape index (κ3) is 5.39. The first-order chi connectivity index (χ1) is 11.9. The van der Waals surface area contributed by atoms with Gasteiger partial charge in [0.05, 0.1) is 0 Å². The number of benzene rings is 2. The van der Waals surface area contributed by atoms with Gasteiger partial charge >= 0.3 is 6.09 Å². The number of amides is 1. The summed E-state index contributed by atoms with van der Waals surface area (Å²) in [4.78, 5) is 26.2. The van der Waals surface area contributed by atoms with Gasteiger partial charge in [-0.1, -0.05) is 15.9 Å². The largest absolute Gasteiger partial charge is 0.415 e. The zero-order chi connectivity index (χ0) is 18.4. The van der Waals surface area contributed by atoms with E-state index in [1.165, 1.54) is 29.2 Å². The monoisotopic (exact) mass is 407 g/mol. The first-order valence-electron chi connectivity index (χ1n) is 7.93. The van der Waals surface area contributed by atoms with Crippen molar-refractivity contribution in [3.8, 4) is 5.75 Å². The highest BCUT2D eigenvalue weighted by Crippen LogP contribution is 2.18. The van der Waals surface area contributed by atoms with Gasteiger partial charge in [-0.05, 0) is 62.4 Å². The Morgan fingerprint density at radius 1 is 1.12 bits per heavy atom. The molecule has 25 heavy (non-hydrogen) atoms. The van der Waals surface area contributed by atoms with Gasteiger partial charge in [-0.2, -0.15) is 0 Å². The lowest BCUT2D eigenvalue weighted by Crippen LogP contribution is -2.41. The predicted octanol–water partition coefficient (Wildman–Crippen LogP) is 5.07. The van der Waals surface area contributed by atoms with Gasteiger partial charge in [-0.25, -0.2) is 9.18 Å². The number of ketones is 1. The van der Waals surface area contributed by atoms with Crippen molar-refractivity contribution in [3.05, 3.63) is 64.4 Å². The molecule has 0 radical (unpaired) electrons. The number of ether oxygens (including phenoxy) is 1. The smallest absolute Gasteiger partial charge is 0.410 e. The molecule has 4 nitrogen and oxygen atoms in total. The number of carbonyl (C=O) groups is 2. The molecule has 0 aromatic heterocycles. The van der Waals surface area contributed by atoms with Crippen LogP contribution in [0.25, 0.3) is 0 Å². The first-order valence-corrected chi connectivity index (χ1v) is 8.72. The van der Waals surface area contributed by atoms with Crippen LogP contribution in [0, 0.1) is 5.82 Å². The van der Waals surface area contributed by atoms with Crippen molar-refractivity contribution in [3.63, 3.8) is 0 Å². The third-order valence-corrected chi connectivity index (χ3v) is 4.30. The molecule has 0 fully saturated rings. The van der Waals surface area contributed by atoms with Crippen LogP contribution in [0.5, 0.6) is 5.75 Å². The molecular formula is C19H19BrFNO3. The standard InChI is InChI=1S/C19H19BrFNO3/c1-3-22(19(24)25-17-10-6-15(20)7-11-17)13(2)12-18(23)14-4-8-16(21)9-5-14/h4-11,13H,3,12H2,1-2H3/t13-/m0/s1. The maximum atomic E-state index is 12.9. The van der Waals surface area contributed by atoms with Crippen LogP contribution in [0.3, 0.4) is 0 Å². The normalized spacial score (nSPS) is 11.7. The molecule has 0 aliphatic carbocycles. The van der Waals surface area contributed by atoms with Crippen molar-refractivity contribution < 1.29 is 18.7 Å². The summed E-state index contributed by atoms with van der Waals surface area (Å²) in [6.07, 6.45) is -0.376. The number of halogens is 2. The van der Waals surface area contributed by atoms with Gasteiger partial charge in [0.2, 0.25) is 0 Å². The van der Waals surface area contributed by atoms with Crippen molar-refractivity contribution in [1.82, 2.24) is 4.90 Å². The highest BCUT2D eigenvalue weighted by atomic mass is 79.9. The van der Waals surface area contributed by atoms with E-state index in [0.717, 1.165) is 4.47 Å². The van der Waals surface area contributed by atoms with Crippen LogP contribution in [0.4, 0.5) is 9.18 Å². The number of rotatable bonds is 6. The van der Waals surface area contributed by atoms with Crippen LogP contribution in [0.1, 0.15) is 30.6 Å². The van der Waals surface area contributed by atoms with E-state index in [2.05, 4.69) is 15.9 Å². The van der Waals surface area contributed by atoms with Gasteiger partial charge in [-0.15, -0.1) is 0 Å². The molecule has 2 aromatic rings. The molecular weight excluding hydrogens is 389 g/mol. The van der Waals surface area contributed by atoms with E-state index in [1.54, 1.807) is 31.2 Å². The lowest BCUT2D eigenvalue weighted by molar-refractivity contribution is 0.0925. The van der Waals surface area contributed by atoms with Crippen molar-refractivity contribution in [1.29, 1.82) is 0 Å². The maximum absolute atomic E-state index is 12.9. The predicted molar refractivity (Wildman–Crippen MR) is 97.4 cm³/mol. The Morgan fingerprint density at radius 3 is 2.28 bits per heavy atom. The Bertz CT molecular complexity index is 731. The highest BCUT2D eigenvalue weighted by Gasteiger charge is 2.23. The first kappa shape index (κ1) is 19.1. The number of carbonyl (C=O) groups excluding carboxylic acids is 2. The number of hydrogen-bond acceptors (Lipinski definition) is 3. The molecule has 0 N–H and O–H groups in total. The molecule has 2 aromatic carbocycles. The summed E-state index contributed by atoms with van der Waals surface area (Å²) < 4.78 is 19.2. The van der Waals surface area contributed by atoms with Crippen molar-refractivity contribution in [2.24, 2.45) is 0 Å². The molecule has 0 heterocycles. The Kier molecular flexibility index (Phi) is 6.70. The fourth-order valence-corrected chi connectivity index (χ4v) is 2.68. The summed E-state index contributed by atoms with van der Waals surface area (Å²) in [5.41, 5.74) is 0.422. The van der Waals surface area contributed by atoms with E-state index in [4.69, 9.17) is 4.74 Å². The molecule has 0 spiro atoms. The molecule has 1 amide bonds. The quantitative estimate of drug-likeness (QED) is 0.627. The third-order valence-electron chi connectivity index (χ3n) is 3.77. The summed E-state index contributed by atoms with van der Waals surface area (Å²) in [6, 6.07) is 12.0. The summed E-state index contributed by atoms with van der Waals surface area (Å²) in [5, 5.41) is 0. The molecule has 0 aliphatic heterocycles. The molecule has 0 aliphatic rings. The van der Waals surface area contributed by atoms with Crippen molar-refractivity contribution >= 4 is 27.8 Å². The molecule has 0 saturated carbocycles. The Hall–Kier alpha value is -2.21. The topological polar surface area (TPSA) is 46.6 Å². The van der Waals surface area contributed by atoms with Crippen LogP contribution in [0.2, 0.25) is 0 Å². The number of hydrogen-bond donors (Lipinski definition) is 0. The van der Waals surface area contributed by atoms with Gasteiger partial charge in [0.25, 0.3) is 0 Å². The van der Waals surface area contributed by atoms with E-state index in [0.29, 0.717) is 17.9 Å². The van der Waals surface area contributed by atoms with Gasteiger partial charge in [0, 0.05) is 29.0 Å². The summed E-state index contributed by atoms with van der Waals surface area (Å²) >= 11 is 3.32. The second kappa shape index (κ2) is 8.76. The van der Waals surface area contributed by atoms with Gasteiger partial charge in [0.1, 0.15) is 11.6 Å². The fraction of sp³-hybridized carbons (Fsp3) is 0.263. The maximum Gasteiger partial charge on any atom is 0.415 e. The second-order valence-electron chi connectivity index (χ2n) is 5.59. The molecule has 132 valence electrons. The minimum absolute atomic E-state index is 0.134. The Morgan fingerprint density at radius 2 is 1.72 bits per heavy atom. The number of nitrogens with zero attached hydrogens (tertiary/aromatic N) is 1. The molecule has 2 rings (SSSR count). The van der Waals surface area contributed by atoms with Crippen molar-refractivity contribution in [2.75, 3.05) is 6.54 Å². The summed E-state index contributed by atoms with van der Waals surface area (Å²) in [7, 11) is 0. The van der Waals surface area contributed by atoms with Gasteiger partial charge in [0.15, 0.2) is 5.78 Å². The zero-order valence-corrected chi connectivity index (χ0v) is 15.6. The van der Waals surface area contributed by atoms with Crippen LogP contribution >= 0.6 is 15.9 Å². The zero-order valence-electron chi connectivity index (χ0n) is 14.0. The average molecular weight is 408 g/mol. The number of Topliss-reactive ketones (excluding diaryl/α,β-unsaturated/α-hetero) is 1. The summed E-state index contributed by atoms with van der Waals surface area (Å²) in [5.74, 6) is -0.107. The molecule has 6 heteroatoms. The fourth-order valence-electron chi connectivity index (χ4n) is 2.41. The minimum atomic E-state index is -0.510. The van der Waals surface area contributed by atoms with E-state index in [1.807, 2.05) is 6.92 Å². The van der Waals surface area contributed by atoms with E-state index in [9.17, 15) is 14.0 Å². The minimum Gasteiger partial charge on any atom is -0.410 e. The van der Waals surface area contributed by atoms with Crippen LogP contribution < -0.4 is 4.74 Å². The lowest BCUT2D eigenvalue weighted by Gasteiger charge is -2.26. The van der Waals surface area contributed by atoms with E-state index >= 15 is 0 Å². The summed E-state index contributed by atoms with van der Waals surface area (Å²) in [6.45, 7) is 4.02. The van der Waals surface area contributed by atoms with Crippen LogP contribution in [-0.2, 0) is 0 Å². The van der Waals surface area contributed by atoms with Crippen LogP contribution in [0.15, 0.2) is 53.0 Å². The van der Waals surface area contributed by atoms with Gasteiger partial charge < -0.3 is 9.64 Å². The van der Waals surface area contributed by atoms with Crippen molar-refractivity contribution in [2.45, 2.75) is 26.3 Å². The van der Waals surface area contributed by atoms with E-state index < -0.39 is 11.9 Å². The SMILES string of the molecule is CCN(C(=O)Oc1ccc(Br)cc1)[C@@H](C)CC(=O)c1ccc(F)cc1. The average Bonchev–Trinajstić information content (AvgIpc) is 2.58. The highest BCUT2D eigenvalue weighted by molar-refractivity contribution is 9.10. The Labute approximate surface area is 154 Å². The molecule has 1 atom stereocenters. The second-order valence-corrected chi connectivity index (χ2v) is 6.51. The molecule has 0 saturated heterocycles. The Balaban J connectivity index is 2.00. The van der Waals surface area contributed by atoms with E-state index in [-0.39, 0.29) is 18.2 Å². The van der Waals surface area contributed by atoms with Crippen LogP contribution in [-0.4, -0.2) is 29.4 Å². The van der Waals surface area contributed by atoms with Gasteiger partial charge in [-0.3, -0.25) is 4.79 Å². The molecule has 0 bridgehead atoms.